The molecule has 140 valence electrons. The summed E-state index contributed by atoms with van der Waals surface area (Å²) < 4.78 is 8.05. The highest BCUT2D eigenvalue weighted by molar-refractivity contribution is 9.10. The van der Waals surface area contributed by atoms with E-state index in [4.69, 9.17) is 22.1 Å². The third-order valence-electron chi connectivity index (χ3n) is 4.08. The molecule has 3 aromatic rings. The van der Waals surface area contributed by atoms with Crippen molar-refractivity contribution in [1.29, 1.82) is 0 Å². The first-order chi connectivity index (χ1) is 12.5. The number of ether oxygens (including phenoxy) is 1. The fourth-order valence-corrected chi connectivity index (χ4v) is 4.24. The number of nitrogens with one attached hydrogen (secondary N) is 1. The summed E-state index contributed by atoms with van der Waals surface area (Å²) in [5.74, 6) is 0. The summed E-state index contributed by atoms with van der Waals surface area (Å²) in [7, 11) is 2.00. The van der Waals surface area contributed by atoms with Crippen molar-refractivity contribution < 1.29 is 4.74 Å². The van der Waals surface area contributed by atoms with Crippen molar-refractivity contribution in [3.05, 3.63) is 44.3 Å². The Labute approximate surface area is 170 Å². The largest absolute Gasteiger partial charge is 0.380 e. The van der Waals surface area contributed by atoms with Crippen molar-refractivity contribution in [2.24, 2.45) is 12.8 Å². The van der Waals surface area contributed by atoms with E-state index in [2.05, 4.69) is 43.7 Å². The number of thiophene rings is 1. The van der Waals surface area contributed by atoms with Crippen LogP contribution in [0.15, 0.2) is 34.2 Å². The number of rotatable bonds is 3. The lowest BCUT2D eigenvalue weighted by molar-refractivity contribution is 0.0822. The Balaban J connectivity index is 0.000000236. The molecule has 0 bridgehead atoms. The Hall–Kier alpha value is -1.12. The fourth-order valence-electron chi connectivity index (χ4n) is 2.82. The first-order valence-corrected chi connectivity index (χ1v) is 10.5. The summed E-state index contributed by atoms with van der Waals surface area (Å²) in [5, 5.41) is 6.00. The molecule has 0 saturated carbocycles. The molecule has 0 radical (unpaired) electrons. The molecule has 4 heterocycles. The van der Waals surface area contributed by atoms with E-state index in [0.29, 0.717) is 11.2 Å². The maximum atomic E-state index is 6.09. The van der Waals surface area contributed by atoms with Crippen molar-refractivity contribution in [3.8, 4) is 0 Å². The minimum Gasteiger partial charge on any atom is -0.380 e. The average Bonchev–Trinajstić information content (AvgIpc) is 3.23. The van der Waals surface area contributed by atoms with Crippen molar-refractivity contribution in [1.82, 2.24) is 9.55 Å². The molecule has 3 aromatic heterocycles. The second-order valence-electron chi connectivity index (χ2n) is 6.19. The van der Waals surface area contributed by atoms with E-state index in [1.165, 1.54) is 4.88 Å². The smallest absolute Gasteiger partial charge is 0.132 e. The molecule has 8 heteroatoms. The quantitative estimate of drug-likeness (QED) is 0.555. The highest BCUT2D eigenvalue weighted by Gasteiger charge is 2.12. The molecule has 0 aromatic carbocycles. The maximum Gasteiger partial charge on any atom is 0.132 e. The Bertz CT molecular complexity index is 847. The zero-order valence-corrected chi connectivity index (χ0v) is 17.7. The molecule has 0 aliphatic carbocycles. The summed E-state index contributed by atoms with van der Waals surface area (Å²) in [6.45, 7) is 2.46. The molecule has 1 fully saturated rings. The molecule has 1 saturated heterocycles. The van der Waals surface area contributed by atoms with Crippen LogP contribution in [0.5, 0.6) is 0 Å². The molecule has 0 amide bonds. The number of hydrogen-bond donors (Lipinski definition) is 2. The molecule has 1 unspecified atom stereocenters. The number of aryl methyl sites for hydroxylation is 1. The minimum absolute atomic E-state index is 0.314. The molecule has 4 rings (SSSR count). The van der Waals surface area contributed by atoms with Crippen LogP contribution < -0.4 is 11.1 Å². The van der Waals surface area contributed by atoms with Crippen molar-refractivity contribution >= 4 is 55.6 Å². The molecular weight excluding hydrogens is 436 g/mol. The van der Waals surface area contributed by atoms with E-state index in [-0.39, 0.29) is 0 Å². The minimum atomic E-state index is 0.314. The van der Waals surface area contributed by atoms with Gasteiger partial charge in [0, 0.05) is 43.4 Å². The lowest BCUT2D eigenvalue weighted by atomic mass is 10.1. The molecule has 1 aliphatic heterocycles. The van der Waals surface area contributed by atoms with Crippen LogP contribution in [0.1, 0.15) is 17.7 Å². The van der Waals surface area contributed by atoms with Gasteiger partial charge in [0.2, 0.25) is 0 Å². The normalized spacial score (nSPS) is 17.0. The van der Waals surface area contributed by atoms with Crippen LogP contribution in [-0.4, -0.2) is 28.8 Å². The van der Waals surface area contributed by atoms with Crippen molar-refractivity contribution in [2.75, 3.05) is 18.5 Å². The zero-order valence-electron chi connectivity index (χ0n) is 14.5. The predicted octanol–water partition coefficient (Wildman–Crippen LogP) is 4.79. The third kappa shape index (κ3) is 4.98. The average molecular weight is 458 g/mol. The monoisotopic (exact) mass is 456 g/mol. The fraction of sp³-hybridized carbons (Fsp3) is 0.389. The molecule has 26 heavy (non-hydrogen) atoms. The van der Waals surface area contributed by atoms with Crippen LogP contribution in [0.3, 0.4) is 0 Å². The van der Waals surface area contributed by atoms with Gasteiger partial charge in [-0.1, -0.05) is 17.7 Å². The number of hydrogen-bond acceptors (Lipinski definition) is 5. The van der Waals surface area contributed by atoms with Gasteiger partial charge < -0.3 is 20.4 Å². The van der Waals surface area contributed by atoms with Gasteiger partial charge in [-0.15, -0.1) is 11.3 Å². The molecular formula is C18H22BrClN4OS. The Morgan fingerprint density at radius 2 is 2.38 bits per heavy atom. The van der Waals surface area contributed by atoms with E-state index < -0.39 is 0 Å². The van der Waals surface area contributed by atoms with Crippen LogP contribution >= 0.6 is 38.9 Å². The number of aromatic nitrogens is 2. The number of nitrogens with two attached hydrogens (primary N) is 1. The van der Waals surface area contributed by atoms with Crippen LogP contribution in [0, 0.1) is 0 Å². The van der Waals surface area contributed by atoms with Gasteiger partial charge in [0.1, 0.15) is 10.7 Å². The molecule has 0 spiro atoms. The Morgan fingerprint density at radius 3 is 3.00 bits per heavy atom. The number of pyridine rings is 1. The van der Waals surface area contributed by atoms with E-state index in [1.807, 2.05) is 23.9 Å². The number of halogens is 2. The first-order valence-electron chi connectivity index (χ1n) is 8.45. The van der Waals surface area contributed by atoms with Crippen LogP contribution in [0.4, 0.5) is 5.69 Å². The van der Waals surface area contributed by atoms with Gasteiger partial charge in [-0.3, -0.25) is 0 Å². The lowest BCUT2D eigenvalue weighted by Gasteiger charge is -2.16. The highest BCUT2D eigenvalue weighted by atomic mass is 79.9. The molecule has 1 atom stereocenters. The Kier molecular flexibility index (Phi) is 6.94. The van der Waals surface area contributed by atoms with Gasteiger partial charge in [0.25, 0.3) is 0 Å². The topological polar surface area (TPSA) is 65.1 Å². The van der Waals surface area contributed by atoms with Gasteiger partial charge in [-0.2, -0.15) is 0 Å². The summed E-state index contributed by atoms with van der Waals surface area (Å²) >= 11 is 11.3. The zero-order chi connectivity index (χ0) is 18.5. The summed E-state index contributed by atoms with van der Waals surface area (Å²) in [5.41, 5.74) is 8.43. The first kappa shape index (κ1) is 19.6. The highest BCUT2D eigenvalue weighted by Crippen LogP contribution is 2.32. The van der Waals surface area contributed by atoms with Gasteiger partial charge in [-0.25, -0.2) is 4.98 Å². The molecule has 1 aliphatic rings. The predicted molar refractivity (Wildman–Crippen MR) is 113 cm³/mol. The SMILES string of the molecule is Cn1cc(Br)c2nc(Cl)cc(NCc3cccs3)c21.NC1CCCOC1. The maximum absolute atomic E-state index is 6.09. The van der Waals surface area contributed by atoms with Crippen LogP contribution in [0.25, 0.3) is 11.0 Å². The van der Waals surface area contributed by atoms with E-state index in [1.54, 1.807) is 11.3 Å². The van der Waals surface area contributed by atoms with Gasteiger partial charge in [0.05, 0.1) is 22.3 Å². The molecule has 5 nitrogen and oxygen atoms in total. The van der Waals surface area contributed by atoms with Gasteiger partial charge in [-0.05, 0) is 40.2 Å². The van der Waals surface area contributed by atoms with Crippen molar-refractivity contribution in [3.63, 3.8) is 0 Å². The van der Waals surface area contributed by atoms with E-state index >= 15 is 0 Å². The standard InChI is InChI=1S/C13H11BrClN3S.C5H11NO/c1-18-7-9(14)12-13(18)10(5-11(15)17-12)16-6-8-3-2-4-19-8;6-5-2-1-3-7-4-5/h2-5,7H,6H2,1H3,(H,16,17);5H,1-4,6H2. The summed E-state index contributed by atoms with van der Waals surface area (Å²) in [4.78, 5) is 5.65. The Morgan fingerprint density at radius 1 is 1.54 bits per heavy atom. The van der Waals surface area contributed by atoms with Gasteiger partial charge >= 0.3 is 0 Å². The summed E-state index contributed by atoms with van der Waals surface area (Å²) in [6.07, 6.45) is 4.27. The number of nitrogens with zero attached hydrogens (tertiary/aromatic N) is 2. The summed E-state index contributed by atoms with van der Waals surface area (Å²) in [6, 6.07) is 6.34. The van der Waals surface area contributed by atoms with Gasteiger partial charge in [0.15, 0.2) is 0 Å². The number of anilines is 1. The van der Waals surface area contributed by atoms with Crippen LogP contribution in [-0.2, 0) is 18.3 Å². The lowest BCUT2D eigenvalue weighted by Crippen LogP contribution is -2.30. The number of fused-ring (bicyclic) bond motifs is 1. The van der Waals surface area contributed by atoms with Crippen LogP contribution in [0.2, 0.25) is 5.15 Å². The third-order valence-corrected chi connectivity index (χ3v) is 5.73. The van der Waals surface area contributed by atoms with E-state index in [9.17, 15) is 0 Å². The second kappa shape index (κ2) is 9.19. The van der Waals surface area contributed by atoms with Crippen molar-refractivity contribution in [2.45, 2.75) is 25.4 Å². The van der Waals surface area contributed by atoms with E-state index in [0.717, 1.165) is 53.8 Å². The molecule has 3 N–H and O–H groups in total. The second-order valence-corrected chi connectivity index (χ2v) is 8.46.